The predicted octanol–water partition coefficient (Wildman–Crippen LogP) is 2.76. The summed E-state index contributed by atoms with van der Waals surface area (Å²) in [5, 5.41) is 4.26. The number of nitrogen functional groups attached to an aromatic ring is 2. The van der Waals surface area contributed by atoms with Crippen LogP contribution >= 0.6 is 0 Å². The van der Waals surface area contributed by atoms with Crippen LogP contribution in [0.1, 0.15) is 41.0 Å². The van der Waals surface area contributed by atoms with Crippen molar-refractivity contribution in [3.63, 3.8) is 0 Å². The molecule has 0 bridgehead atoms. The van der Waals surface area contributed by atoms with E-state index >= 15 is 0 Å². The van der Waals surface area contributed by atoms with Crippen molar-refractivity contribution in [3.8, 4) is 0 Å². The molecular weight excluding hydrogens is 212 g/mol. The Labute approximate surface area is 104 Å². The molecule has 0 radical (unpaired) electrons. The zero-order valence-corrected chi connectivity index (χ0v) is 11.7. The van der Waals surface area contributed by atoms with Crippen LogP contribution in [-0.2, 0) is 6.54 Å². The van der Waals surface area contributed by atoms with E-state index < -0.39 is 0 Å². The molecule has 4 heteroatoms. The molecular formula is C13H26N4. The van der Waals surface area contributed by atoms with Gasteiger partial charge in [0.1, 0.15) is 5.82 Å². The smallest absolute Gasteiger partial charge is 0.145 e. The molecule has 0 amide bonds. The molecule has 2 unspecified atom stereocenters. The second-order valence-electron chi connectivity index (χ2n) is 5.68. The molecule has 2 atom stereocenters. The maximum atomic E-state index is 5.92. The van der Waals surface area contributed by atoms with E-state index in [0.29, 0.717) is 23.3 Å². The highest BCUT2D eigenvalue weighted by Gasteiger charge is 2.32. The van der Waals surface area contributed by atoms with Gasteiger partial charge in [-0.3, -0.25) is 0 Å². The predicted molar refractivity (Wildman–Crippen MR) is 73.5 cm³/mol. The highest BCUT2D eigenvalue weighted by atomic mass is 15.3. The zero-order chi connectivity index (χ0) is 13.2. The summed E-state index contributed by atoms with van der Waals surface area (Å²) >= 11 is 0. The fourth-order valence-electron chi connectivity index (χ4n) is 2.26. The molecule has 0 fully saturated rings. The Kier molecular flexibility index (Phi) is 4.07. The number of hydrogen-bond donors (Lipinski definition) is 2. The fourth-order valence-corrected chi connectivity index (χ4v) is 2.26. The van der Waals surface area contributed by atoms with Crippen molar-refractivity contribution in [2.24, 2.45) is 17.3 Å². The second kappa shape index (κ2) is 4.98. The largest absolute Gasteiger partial charge is 0.394 e. The molecule has 0 aliphatic rings. The molecule has 0 aliphatic heterocycles. The topological polar surface area (TPSA) is 69.9 Å². The lowest BCUT2D eigenvalue weighted by atomic mass is 9.71. The lowest BCUT2D eigenvalue weighted by molar-refractivity contribution is 0.115. The molecule has 4 N–H and O–H groups in total. The Morgan fingerprint density at radius 2 is 1.94 bits per heavy atom. The number of rotatable bonds is 5. The standard InChI is InChI=1S/C13H26N4/c1-6-13(5,10(4)9(2)3)8-17-12(15)11(14)7-16-17/h7,9-10H,6,8,14-15H2,1-5H3. The average molecular weight is 238 g/mol. The van der Waals surface area contributed by atoms with Crippen LogP contribution in [0.2, 0.25) is 0 Å². The van der Waals surface area contributed by atoms with Crippen LogP contribution in [0.5, 0.6) is 0 Å². The molecule has 98 valence electrons. The lowest BCUT2D eigenvalue weighted by Crippen LogP contribution is -2.33. The molecule has 1 rings (SSSR count). The minimum atomic E-state index is 0.195. The zero-order valence-electron chi connectivity index (χ0n) is 11.7. The first-order valence-corrected chi connectivity index (χ1v) is 6.38. The van der Waals surface area contributed by atoms with Gasteiger partial charge >= 0.3 is 0 Å². The van der Waals surface area contributed by atoms with Gasteiger partial charge in [-0.2, -0.15) is 5.10 Å². The van der Waals surface area contributed by atoms with Crippen molar-refractivity contribution in [1.82, 2.24) is 9.78 Å². The lowest BCUT2D eigenvalue weighted by Gasteiger charge is -2.37. The van der Waals surface area contributed by atoms with E-state index in [1.165, 1.54) is 0 Å². The molecule has 1 aromatic rings. The van der Waals surface area contributed by atoms with Crippen LogP contribution in [-0.4, -0.2) is 9.78 Å². The highest BCUT2D eigenvalue weighted by Crippen LogP contribution is 2.38. The second-order valence-corrected chi connectivity index (χ2v) is 5.68. The van der Waals surface area contributed by atoms with Gasteiger partial charge in [-0.1, -0.05) is 34.6 Å². The summed E-state index contributed by atoms with van der Waals surface area (Å²) in [5.74, 6) is 1.84. The maximum Gasteiger partial charge on any atom is 0.145 e. The molecule has 1 heterocycles. The summed E-state index contributed by atoms with van der Waals surface area (Å²) < 4.78 is 1.83. The monoisotopic (exact) mass is 238 g/mol. The van der Waals surface area contributed by atoms with Gasteiger partial charge in [-0.15, -0.1) is 0 Å². The Hall–Kier alpha value is -1.19. The summed E-state index contributed by atoms with van der Waals surface area (Å²) in [6, 6.07) is 0. The van der Waals surface area contributed by atoms with Gasteiger partial charge < -0.3 is 11.5 Å². The number of aromatic nitrogens is 2. The number of nitrogens with zero attached hydrogens (tertiary/aromatic N) is 2. The summed E-state index contributed by atoms with van der Waals surface area (Å²) in [7, 11) is 0. The summed E-state index contributed by atoms with van der Waals surface area (Å²) in [4.78, 5) is 0. The Bertz CT molecular complexity index is 369. The summed E-state index contributed by atoms with van der Waals surface area (Å²) in [5.41, 5.74) is 12.4. The summed E-state index contributed by atoms with van der Waals surface area (Å²) in [6.45, 7) is 12.2. The Morgan fingerprint density at radius 1 is 1.35 bits per heavy atom. The molecule has 0 spiro atoms. The van der Waals surface area contributed by atoms with Gasteiger partial charge in [0, 0.05) is 6.54 Å². The molecule has 0 aliphatic carbocycles. The van der Waals surface area contributed by atoms with Crippen molar-refractivity contribution >= 4 is 11.5 Å². The van der Waals surface area contributed by atoms with Crippen molar-refractivity contribution in [3.05, 3.63) is 6.20 Å². The van der Waals surface area contributed by atoms with E-state index in [1.54, 1.807) is 6.20 Å². The van der Waals surface area contributed by atoms with Crippen molar-refractivity contribution in [1.29, 1.82) is 0 Å². The van der Waals surface area contributed by atoms with Gasteiger partial charge in [0.15, 0.2) is 0 Å². The van der Waals surface area contributed by atoms with Gasteiger partial charge in [0.2, 0.25) is 0 Å². The average Bonchev–Trinajstić information content (AvgIpc) is 2.59. The third-order valence-electron chi connectivity index (χ3n) is 4.33. The van der Waals surface area contributed by atoms with Crippen LogP contribution in [0.3, 0.4) is 0 Å². The molecule has 17 heavy (non-hydrogen) atoms. The minimum Gasteiger partial charge on any atom is -0.394 e. The van der Waals surface area contributed by atoms with Gasteiger partial charge in [0.05, 0.1) is 11.9 Å². The van der Waals surface area contributed by atoms with Crippen LogP contribution in [0.25, 0.3) is 0 Å². The molecule has 4 nitrogen and oxygen atoms in total. The minimum absolute atomic E-state index is 0.195. The molecule has 0 aromatic carbocycles. The third kappa shape index (κ3) is 2.73. The van der Waals surface area contributed by atoms with Crippen LogP contribution < -0.4 is 11.5 Å². The van der Waals surface area contributed by atoms with E-state index in [2.05, 4.69) is 39.7 Å². The van der Waals surface area contributed by atoms with Crippen molar-refractivity contribution < 1.29 is 0 Å². The SMILES string of the molecule is CCC(C)(Cn1ncc(N)c1N)C(C)C(C)C. The Balaban J connectivity index is 2.93. The summed E-state index contributed by atoms with van der Waals surface area (Å²) in [6.07, 6.45) is 2.73. The molecule has 0 saturated heterocycles. The molecule has 0 saturated carbocycles. The van der Waals surface area contributed by atoms with Crippen LogP contribution in [0, 0.1) is 17.3 Å². The van der Waals surface area contributed by atoms with Crippen LogP contribution in [0.15, 0.2) is 6.20 Å². The quantitative estimate of drug-likeness (QED) is 0.828. The normalized spacial score (nSPS) is 17.1. The van der Waals surface area contributed by atoms with Crippen molar-refractivity contribution in [2.45, 2.75) is 47.6 Å². The van der Waals surface area contributed by atoms with E-state index in [9.17, 15) is 0 Å². The van der Waals surface area contributed by atoms with Gasteiger partial charge in [-0.05, 0) is 23.7 Å². The first kappa shape index (κ1) is 13.9. The van der Waals surface area contributed by atoms with Gasteiger partial charge in [-0.25, -0.2) is 4.68 Å². The van der Waals surface area contributed by atoms with Crippen molar-refractivity contribution in [2.75, 3.05) is 11.5 Å². The Morgan fingerprint density at radius 3 is 2.29 bits per heavy atom. The van der Waals surface area contributed by atoms with Gasteiger partial charge in [0.25, 0.3) is 0 Å². The molecule has 1 aromatic heterocycles. The first-order valence-electron chi connectivity index (χ1n) is 6.38. The van der Waals surface area contributed by atoms with E-state index in [1.807, 2.05) is 4.68 Å². The first-order chi connectivity index (χ1) is 7.81. The maximum absolute atomic E-state index is 5.92. The third-order valence-corrected chi connectivity index (χ3v) is 4.33. The van der Waals surface area contributed by atoms with E-state index in [4.69, 9.17) is 11.5 Å². The number of nitrogens with two attached hydrogens (primary N) is 2. The van der Waals surface area contributed by atoms with E-state index in [0.717, 1.165) is 13.0 Å². The number of hydrogen-bond acceptors (Lipinski definition) is 3. The fraction of sp³-hybridized carbons (Fsp3) is 0.769. The number of anilines is 2. The van der Waals surface area contributed by atoms with Crippen LogP contribution in [0.4, 0.5) is 11.5 Å². The highest BCUT2D eigenvalue weighted by molar-refractivity contribution is 5.56. The van der Waals surface area contributed by atoms with E-state index in [-0.39, 0.29) is 5.41 Å².